The molecule has 35 heavy (non-hydrogen) atoms. The average Bonchev–Trinajstić information content (AvgIpc) is 3.39. The van der Waals surface area contributed by atoms with Crippen LogP contribution in [0.15, 0.2) is 108 Å². The number of furan rings is 1. The molecule has 0 aliphatic carbocycles. The van der Waals surface area contributed by atoms with Crippen molar-refractivity contribution in [1.29, 1.82) is 0 Å². The SMILES string of the molecule is Cc1ccc2c(oc3[c]([Ge]4([CH3])[c]5ccccc5-c5cccc[c]54)cccc32)c1-c1cccc[n+]1C. The number of hydrogen-bond acceptors (Lipinski definition) is 1. The molecule has 3 heteroatoms. The van der Waals surface area contributed by atoms with Gasteiger partial charge < -0.3 is 0 Å². The molecule has 7 rings (SSSR count). The molecule has 3 heterocycles. The predicted octanol–water partition coefficient (Wildman–Crippen LogP) is 5.47. The molecule has 1 aliphatic heterocycles. The molecule has 1 aliphatic rings. The van der Waals surface area contributed by atoms with E-state index in [1.165, 1.54) is 51.9 Å². The first kappa shape index (κ1) is 20.7. The predicted molar refractivity (Wildman–Crippen MR) is 147 cm³/mol. The molecule has 0 amide bonds. The molecule has 2 aromatic heterocycles. The minimum atomic E-state index is -2.93. The molecule has 0 atom stereocenters. The van der Waals surface area contributed by atoms with E-state index in [2.05, 4.69) is 128 Å². The van der Waals surface area contributed by atoms with Crippen molar-refractivity contribution in [3.8, 4) is 22.4 Å². The van der Waals surface area contributed by atoms with E-state index in [-0.39, 0.29) is 0 Å². The zero-order valence-electron chi connectivity index (χ0n) is 20.2. The van der Waals surface area contributed by atoms with Crippen LogP contribution in [0, 0.1) is 6.92 Å². The summed E-state index contributed by atoms with van der Waals surface area (Å²) in [7, 11) is 2.10. The van der Waals surface area contributed by atoms with Gasteiger partial charge in [0.1, 0.15) is 0 Å². The van der Waals surface area contributed by atoms with Gasteiger partial charge >= 0.3 is 208 Å². The molecule has 4 aromatic carbocycles. The summed E-state index contributed by atoms with van der Waals surface area (Å²) in [6, 6.07) is 35.6. The summed E-state index contributed by atoms with van der Waals surface area (Å²) in [5.41, 5.74) is 8.40. The quantitative estimate of drug-likeness (QED) is 0.222. The second-order valence-electron chi connectivity index (χ2n) is 9.83. The minimum absolute atomic E-state index is 0.986. The van der Waals surface area contributed by atoms with Gasteiger partial charge in [0.05, 0.1) is 0 Å². The van der Waals surface area contributed by atoms with Crippen LogP contribution in [-0.4, -0.2) is 13.3 Å². The Morgan fingerprint density at radius 2 is 1.26 bits per heavy atom. The number of pyridine rings is 1. The summed E-state index contributed by atoms with van der Waals surface area (Å²) in [5, 5.41) is 2.41. The molecular weight excluding hydrogens is 487 g/mol. The maximum atomic E-state index is 6.95. The monoisotopic (exact) mass is 514 g/mol. The second kappa shape index (κ2) is 7.43. The third-order valence-electron chi connectivity index (χ3n) is 7.95. The van der Waals surface area contributed by atoms with Crippen LogP contribution in [0.2, 0.25) is 5.76 Å². The molecule has 168 valence electrons. The van der Waals surface area contributed by atoms with Gasteiger partial charge in [0.2, 0.25) is 0 Å². The number of para-hydroxylation sites is 1. The van der Waals surface area contributed by atoms with Crippen LogP contribution in [0.3, 0.4) is 0 Å². The van der Waals surface area contributed by atoms with E-state index < -0.39 is 13.3 Å². The molecule has 0 fully saturated rings. The normalized spacial score (nSPS) is 13.8. The van der Waals surface area contributed by atoms with E-state index in [1.807, 2.05) is 0 Å². The first-order valence-corrected chi connectivity index (χ1v) is 17.4. The Bertz CT molecular complexity index is 1750. The summed E-state index contributed by atoms with van der Waals surface area (Å²) < 4.78 is 13.6. The number of rotatable bonds is 2. The fourth-order valence-electron chi connectivity index (χ4n) is 6.20. The van der Waals surface area contributed by atoms with Gasteiger partial charge in [-0.15, -0.1) is 0 Å². The summed E-state index contributed by atoms with van der Waals surface area (Å²) in [4.78, 5) is 0. The van der Waals surface area contributed by atoms with E-state index in [4.69, 9.17) is 4.42 Å². The van der Waals surface area contributed by atoms with Crippen LogP contribution in [0.1, 0.15) is 5.56 Å². The van der Waals surface area contributed by atoms with Crippen molar-refractivity contribution < 1.29 is 8.98 Å². The summed E-state index contributed by atoms with van der Waals surface area (Å²) in [6.07, 6.45) is 2.10. The van der Waals surface area contributed by atoms with Gasteiger partial charge in [-0.25, -0.2) is 0 Å². The van der Waals surface area contributed by atoms with Crippen molar-refractivity contribution in [1.82, 2.24) is 0 Å². The number of aromatic nitrogens is 1. The van der Waals surface area contributed by atoms with Gasteiger partial charge in [0, 0.05) is 0 Å². The molecule has 0 N–H and O–H groups in total. The van der Waals surface area contributed by atoms with Gasteiger partial charge in [-0.3, -0.25) is 0 Å². The van der Waals surface area contributed by atoms with Gasteiger partial charge in [-0.1, -0.05) is 0 Å². The van der Waals surface area contributed by atoms with Crippen LogP contribution >= 0.6 is 0 Å². The molecule has 0 spiro atoms. The van der Waals surface area contributed by atoms with E-state index >= 15 is 0 Å². The van der Waals surface area contributed by atoms with E-state index in [0.717, 1.165) is 11.2 Å². The molecule has 0 saturated carbocycles. The molecule has 2 nitrogen and oxygen atoms in total. The van der Waals surface area contributed by atoms with Crippen molar-refractivity contribution >= 4 is 48.4 Å². The second-order valence-corrected chi connectivity index (χ2v) is 17.9. The van der Waals surface area contributed by atoms with Crippen LogP contribution < -0.4 is 17.8 Å². The Hall–Kier alpha value is -3.63. The van der Waals surface area contributed by atoms with Crippen LogP contribution in [0.4, 0.5) is 0 Å². The molecule has 6 aromatic rings. The fraction of sp³-hybridized carbons (Fsp3) is 0.0938. The maximum absolute atomic E-state index is 6.95. The molecule has 0 saturated heterocycles. The Kier molecular flexibility index (Phi) is 4.40. The molecular formula is C32H26GeNO+. The summed E-state index contributed by atoms with van der Waals surface area (Å²) in [5.74, 6) is 2.54. The number of hydrogen-bond donors (Lipinski definition) is 0. The Labute approximate surface area is 207 Å². The first-order chi connectivity index (χ1) is 17.1. The molecule has 0 unspecified atom stereocenters. The third-order valence-corrected chi connectivity index (χ3v) is 17.4. The Morgan fingerprint density at radius 1 is 0.629 bits per heavy atom. The Morgan fingerprint density at radius 3 is 1.97 bits per heavy atom. The third kappa shape index (κ3) is 2.75. The van der Waals surface area contributed by atoms with Crippen molar-refractivity contribution in [2.75, 3.05) is 0 Å². The van der Waals surface area contributed by atoms with Crippen molar-refractivity contribution in [2.24, 2.45) is 7.05 Å². The molecule has 0 radical (unpaired) electrons. The number of aryl methyl sites for hydroxylation is 2. The topological polar surface area (TPSA) is 17.0 Å². The number of fused-ring (bicyclic) bond motifs is 6. The van der Waals surface area contributed by atoms with Gasteiger partial charge in [0.15, 0.2) is 0 Å². The van der Waals surface area contributed by atoms with Crippen molar-refractivity contribution in [3.63, 3.8) is 0 Å². The van der Waals surface area contributed by atoms with Crippen LogP contribution in [-0.2, 0) is 7.05 Å². The van der Waals surface area contributed by atoms with E-state index in [0.29, 0.717) is 0 Å². The molecule has 0 bridgehead atoms. The van der Waals surface area contributed by atoms with Crippen molar-refractivity contribution in [2.45, 2.75) is 12.7 Å². The summed E-state index contributed by atoms with van der Waals surface area (Å²) in [6.45, 7) is 2.18. The van der Waals surface area contributed by atoms with Crippen LogP contribution in [0.25, 0.3) is 44.3 Å². The zero-order chi connectivity index (χ0) is 23.7. The van der Waals surface area contributed by atoms with Gasteiger partial charge in [0.25, 0.3) is 0 Å². The van der Waals surface area contributed by atoms with Gasteiger partial charge in [-0.05, 0) is 0 Å². The van der Waals surface area contributed by atoms with Crippen molar-refractivity contribution in [3.05, 3.63) is 109 Å². The number of nitrogens with zero attached hydrogens (tertiary/aromatic N) is 1. The van der Waals surface area contributed by atoms with E-state index in [9.17, 15) is 0 Å². The average molecular weight is 513 g/mol. The standard InChI is InChI=1S/C32H26GeNO/c1-21-18-19-25-24-13-10-16-28(31(24)35-32(25)30(21)29-17-8-9-20-34(29)3)33(2)26-14-6-4-11-22(26)23-12-5-7-15-27(23)33/h4-20H,1-3H3/q+1. The van der Waals surface area contributed by atoms with E-state index in [1.54, 1.807) is 0 Å². The Balaban J connectivity index is 1.59. The first-order valence-electron chi connectivity index (χ1n) is 12.2. The fourth-order valence-corrected chi connectivity index (χ4v) is 15.2. The van der Waals surface area contributed by atoms with Gasteiger partial charge in [-0.2, -0.15) is 0 Å². The number of benzene rings is 4. The zero-order valence-corrected chi connectivity index (χ0v) is 22.3. The summed E-state index contributed by atoms with van der Waals surface area (Å²) >= 11 is -2.93. The van der Waals surface area contributed by atoms with Crippen LogP contribution in [0.5, 0.6) is 0 Å².